The second kappa shape index (κ2) is 5.30. The van der Waals surface area contributed by atoms with Crippen LogP contribution in [0.25, 0.3) is 0 Å². The Kier molecular flexibility index (Phi) is 4.12. The predicted molar refractivity (Wildman–Crippen MR) is 79.3 cm³/mol. The van der Waals surface area contributed by atoms with Gasteiger partial charge in [-0.25, -0.2) is 4.98 Å². The Bertz CT molecular complexity index is 399. The molecule has 1 unspecified atom stereocenters. The van der Waals surface area contributed by atoms with Gasteiger partial charge in [0, 0.05) is 16.8 Å². The Morgan fingerprint density at radius 3 is 2.50 bits per heavy atom. The molecule has 1 fully saturated rings. The molecule has 2 nitrogen and oxygen atoms in total. The van der Waals surface area contributed by atoms with Crippen LogP contribution in [0, 0.1) is 12.3 Å². The van der Waals surface area contributed by atoms with Crippen LogP contribution in [0.3, 0.4) is 0 Å². The average molecular weight is 266 g/mol. The van der Waals surface area contributed by atoms with E-state index < -0.39 is 0 Å². The minimum absolute atomic E-state index is 0.427. The van der Waals surface area contributed by atoms with Crippen LogP contribution in [0.5, 0.6) is 0 Å². The fraction of sp³-hybridized carbons (Fsp3) is 0.800. The summed E-state index contributed by atoms with van der Waals surface area (Å²) >= 11 is 1.93. The van der Waals surface area contributed by atoms with Crippen molar-refractivity contribution in [3.63, 3.8) is 0 Å². The van der Waals surface area contributed by atoms with Gasteiger partial charge in [-0.05, 0) is 52.0 Å². The highest BCUT2D eigenvalue weighted by Gasteiger charge is 2.29. The summed E-state index contributed by atoms with van der Waals surface area (Å²) in [6.45, 7) is 9.15. The van der Waals surface area contributed by atoms with Crippen LogP contribution in [-0.4, -0.2) is 12.0 Å². The molecule has 1 aromatic rings. The van der Waals surface area contributed by atoms with E-state index in [0.717, 1.165) is 0 Å². The van der Waals surface area contributed by atoms with Crippen LogP contribution < -0.4 is 5.32 Å². The van der Waals surface area contributed by atoms with Crippen molar-refractivity contribution in [1.29, 1.82) is 0 Å². The fourth-order valence-corrected chi connectivity index (χ4v) is 4.08. The van der Waals surface area contributed by atoms with Gasteiger partial charge in [0.1, 0.15) is 0 Å². The van der Waals surface area contributed by atoms with Gasteiger partial charge in [-0.1, -0.05) is 13.8 Å². The normalized spacial score (nSPS) is 22.1. The van der Waals surface area contributed by atoms with Gasteiger partial charge >= 0.3 is 0 Å². The lowest BCUT2D eigenvalue weighted by Crippen LogP contribution is -2.20. The molecule has 1 heterocycles. The van der Waals surface area contributed by atoms with E-state index in [1.165, 1.54) is 41.3 Å². The van der Waals surface area contributed by atoms with Gasteiger partial charge in [0.2, 0.25) is 0 Å². The summed E-state index contributed by atoms with van der Waals surface area (Å²) in [5.41, 5.74) is 1.77. The van der Waals surface area contributed by atoms with Gasteiger partial charge in [-0.2, -0.15) is 0 Å². The third kappa shape index (κ3) is 2.94. The second-order valence-corrected chi connectivity index (χ2v) is 7.51. The first-order chi connectivity index (χ1) is 8.43. The summed E-state index contributed by atoms with van der Waals surface area (Å²) in [4.78, 5) is 6.24. The van der Waals surface area contributed by atoms with E-state index in [-0.39, 0.29) is 0 Å². The maximum absolute atomic E-state index is 4.83. The Balaban J connectivity index is 2.11. The van der Waals surface area contributed by atoms with Crippen molar-refractivity contribution in [2.24, 2.45) is 5.41 Å². The SMILES string of the molecule is CNC(C)c1sc(C2CCC(C)(C)CC2)nc1C. The zero-order valence-corrected chi connectivity index (χ0v) is 13.2. The molecule has 0 spiro atoms. The molecule has 0 bridgehead atoms. The van der Waals surface area contributed by atoms with E-state index in [0.29, 0.717) is 17.4 Å². The van der Waals surface area contributed by atoms with Crippen molar-refractivity contribution < 1.29 is 0 Å². The number of rotatable bonds is 3. The summed E-state index contributed by atoms with van der Waals surface area (Å²) in [5.74, 6) is 0.708. The molecular weight excluding hydrogens is 240 g/mol. The van der Waals surface area contributed by atoms with Gasteiger partial charge in [0.25, 0.3) is 0 Å². The lowest BCUT2D eigenvalue weighted by atomic mass is 9.73. The van der Waals surface area contributed by atoms with Gasteiger partial charge in [0.05, 0.1) is 10.7 Å². The van der Waals surface area contributed by atoms with Crippen molar-refractivity contribution in [2.45, 2.75) is 65.3 Å². The molecule has 18 heavy (non-hydrogen) atoms. The Hall–Kier alpha value is -0.410. The molecule has 1 atom stereocenters. The number of thiazole rings is 1. The van der Waals surface area contributed by atoms with E-state index in [2.05, 4.69) is 33.0 Å². The third-order valence-corrected chi connectivity index (χ3v) is 5.87. The Labute approximate surface area is 115 Å². The van der Waals surface area contributed by atoms with E-state index >= 15 is 0 Å². The largest absolute Gasteiger partial charge is 0.312 e. The van der Waals surface area contributed by atoms with Crippen molar-refractivity contribution in [3.8, 4) is 0 Å². The number of nitrogens with zero attached hydrogens (tertiary/aromatic N) is 1. The van der Waals surface area contributed by atoms with Gasteiger partial charge in [-0.3, -0.25) is 0 Å². The molecular formula is C15H26N2S. The molecule has 102 valence electrons. The van der Waals surface area contributed by atoms with Crippen molar-refractivity contribution in [1.82, 2.24) is 10.3 Å². The molecule has 0 amide bonds. The molecule has 0 radical (unpaired) electrons. The third-order valence-electron chi connectivity index (χ3n) is 4.36. The van der Waals surface area contributed by atoms with Gasteiger partial charge in [0.15, 0.2) is 0 Å². The molecule has 1 aliphatic rings. The van der Waals surface area contributed by atoms with E-state index in [4.69, 9.17) is 4.98 Å². The highest BCUT2D eigenvalue weighted by molar-refractivity contribution is 7.11. The summed E-state index contributed by atoms with van der Waals surface area (Å²) in [7, 11) is 2.02. The molecule has 1 aliphatic carbocycles. The molecule has 1 aromatic heterocycles. The Morgan fingerprint density at radius 1 is 1.33 bits per heavy atom. The van der Waals surface area contributed by atoms with Crippen LogP contribution in [0.2, 0.25) is 0 Å². The second-order valence-electron chi connectivity index (χ2n) is 6.45. The first kappa shape index (κ1) is 14.0. The molecule has 2 rings (SSSR count). The number of nitrogens with one attached hydrogen (secondary N) is 1. The maximum atomic E-state index is 4.83. The summed E-state index contributed by atoms with van der Waals surface area (Å²) in [6.07, 6.45) is 5.31. The first-order valence-corrected chi connectivity index (χ1v) is 7.89. The maximum Gasteiger partial charge on any atom is 0.0962 e. The number of hydrogen-bond acceptors (Lipinski definition) is 3. The van der Waals surface area contributed by atoms with Crippen LogP contribution in [0.15, 0.2) is 0 Å². The number of aromatic nitrogens is 1. The van der Waals surface area contributed by atoms with E-state index in [1.54, 1.807) is 0 Å². The number of hydrogen-bond donors (Lipinski definition) is 1. The molecule has 0 aromatic carbocycles. The minimum atomic E-state index is 0.427. The molecule has 0 saturated heterocycles. The monoisotopic (exact) mass is 266 g/mol. The molecule has 0 aliphatic heterocycles. The smallest absolute Gasteiger partial charge is 0.0962 e. The summed E-state index contributed by atoms with van der Waals surface area (Å²) in [6, 6.07) is 0.427. The van der Waals surface area contributed by atoms with Crippen molar-refractivity contribution in [2.75, 3.05) is 7.05 Å². The highest BCUT2D eigenvalue weighted by Crippen LogP contribution is 2.44. The zero-order valence-electron chi connectivity index (χ0n) is 12.3. The summed E-state index contributed by atoms with van der Waals surface area (Å²) < 4.78 is 0. The van der Waals surface area contributed by atoms with E-state index in [9.17, 15) is 0 Å². The van der Waals surface area contributed by atoms with Crippen LogP contribution in [0.4, 0.5) is 0 Å². The average Bonchev–Trinajstić information content (AvgIpc) is 2.70. The zero-order chi connectivity index (χ0) is 13.3. The molecule has 1 N–H and O–H groups in total. The quantitative estimate of drug-likeness (QED) is 0.876. The Morgan fingerprint density at radius 2 is 1.94 bits per heavy atom. The topological polar surface area (TPSA) is 24.9 Å². The van der Waals surface area contributed by atoms with Crippen LogP contribution in [-0.2, 0) is 0 Å². The van der Waals surface area contributed by atoms with Gasteiger partial charge in [-0.15, -0.1) is 11.3 Å². The van der Waals surface area contributed by atoms with Crippen molar-refractivity contribution >= 4 is 11.3 Å². The standard InChI is InChI=1S/C15H26N2S/c1-10(16-5)13-11(2)17-14(18-13)12-6-8-15(3,4)9-7-12/h10,12,16H,6-9H2,1-5H3. The highest BCUT2D eigenvalue weighted by atomic mass is 32.1. The first-order valence-electron chi connectivity index (χ1n) is 7.07. The molecule has 1 saturated carbocycles. The fourth-order valence-electron chi connectivity index (χ4n) is 2.78. The van der Waals surface area contributed by atoms with Crippen LogP contribution >= 0.6 is 11.3 Å². The number of aryl methyl sites for hydroxylation is 1. The van der Waals surface area contributed by atoms with Crippen LogP contribution in [0.1, 0.15) is 74.0 Å². The lowest BCUT2D eigenvalue weighted by Gasteiger charge is -2.33. The van der Waals surface area contributed by atoms with Crippen molar-refractivity contribution in [3.05, 3.63) is 15.6 Å². The van der Waals surface area contributed by atoms with E-state index in [1.807, 2.05) is 18.4 Å². The lowest BCUT2D eigenvalue weighted by molar-refractivity contribution is 0.224. The minimum Gasteiger partial charge on any atom is -0.312 e. The van der Waals surface area contributed by atoms with Gasteiger partial charge < -0.3 is 5.32 Å². The predicted octanol–water partition coefficient (Wildman–Crippen LogP) is 4.42. The molecule has 3 heteroatoms. The summed E-state index contributed by atoms with van der Waals surface area (Å²) in [5, 5.41) is 4.70.